The monoisotopic (exact) mass is 212 g/mol. The zero-order valence-corrected chi connectivity index (χ0v) is 10.1. The van der Waals surface area contributed by atoms with E-state index in [1.54, 1.807) is 0 Å². The van der Waals surface area contributed by atoms with E-state index < -0.39 is 0 Å². The SMILES string of the molecule is CCC1CCC(CCCCC(=O)OC)C1. The molecular formula is C13H24O2. The average Bonchev–Trinajstić information content (AvgIpc) is 2.72. The van der Waals surface area contributed by atoms with Crippen molar-refractivity contribution in [2.24, 2.45) is 11.8 Å². The Labute approximate surface area is 93.4 Å². The predicted octanol–water partition coefficient (Wildman–Crippen LogP) is 3.55. The summed E-state index contributed by atoms with van der Waals surface area (Å²) in [6, 6.07) is 0. The molecule has 0 N–H and O–H groups in total. The standard InChI is InChI=1S/C13H24O2/c1-3-11-8-9-12(10-11)6-4-5-7-13(14)15-2/h11-12H,3-10H2,1-2H3. The van der Waals surface area contributed by atoms with E-state index in [4.69, 9.17) is 0 Å². The lowest BCUT2D eigenvalue weighted by atomic mass is 9.97. The summed E-state index contributed by atoms with van der Waals surface area (Å²) in [6.07, 6.45) is 9.71. The topological polar surface area (TPSA) is 26.3 Å². The van der Waals surface area contributed by atoms with Gasteiger partial charge in [0.2, 0.25) is 0 Å². The number of esters is 1. The van der Waals surface area contributed by atoms with Crippen molar-refractivity contribution >= 4 is 5.97 Å². The molecule has 0 aromatic rings. The molecule has 2 nitrogen and oxygen atoms in total. The molecule has 0 spiro atoms. The number of ether oxygens (including phenoxy) is 1. The molecule has 0 saturated heterocycles. The molecule has 0 aromatic carbocycles. The zero-order chi connectivity index (χ0) is 11.1. The number of rotatable bonds is 6. The first-order valence-electron chi connectivity index (χ1n) is 6.33. The fourth-order valence-electron chi connectivity index (χ4n) is 2.62. The van der Waals surface area contributed by atoms with Crippen LogP contribution < -0.4 is 0 Å². The van der Waals surface area contributed by atoms with Crippen molar-refractivity contribution < 1.29 is 9.53 Å². The molecule has 15 heavy (non-hydrogen) atoms. The van der Waals surface area contributed by atoms with Crippen LogP contribution in [0.15, 0.2) is 0 Å². The molecule has 0 aromatic heterocycles. The first-order chi connectivity index (χ1) is 7.26. The van der Waals surface area contributed by atoms with E-state index >= 15 is 0 Å². The van der Waals surface area contributed by atoms with Crippen LogP contribution in [0, 0.1) is 11.8 Å². The maximum absolute atomic E-state index is 10.9. The van der Waals surface area contributed by atoms with Gasteiger partial charge in [0, 0.05) is 6.42 Å². The summed E-state index contributed by atoms with van der Waals surface area (Å²) < 4.78 is 4.62. The van der Waals surface area contributed by atoms with E-state index in [1.165, 1.54) is 45.6 Å². The third kappa shape index (κ3) is 4.67. The molecule has 1 fully saturated rings. The Morgan fingerprint density at radius 3 is 2.60 bits per heavy atom. The van der Waals surface area contributed by atoms with E-state index in [0.717, 1.165) is 18.3 Å². The third-order valence-electron chi connectivity index (χ3n) is 3.70. The molecule has 2 heteroatoms. The normalized spacial score (nSPS) is 25.5. The van der Waals surface area contributed by atoms with Gasteiger partial charge >= 0.3 is 5.97 Å². The maximum atomic E-state index is 10.9. The summed E-state index contributed by atoms with van der Waals surface area (Å²) in [5.41, 5.74) is 0. The van der Waals surface area contributed by atoms with E-state index in [-0.39, 0.29) is 5.97 Å². The summed E-state index contributed by atoms with van der Waals surface area (Å²) in [6.45, 7) is 2.30. The molecule has 0 amide bonds. The number of hydrogen-bond donors (Lipinski definition) is 0. The van der Waals surface area contributed by atoms with Crippen molar-refractivity contribution in [3.63, 3.8) is 0 Å². The van der Waals surface area contributed by atoms with Gasteiger partial charge in [-0.25, -0.2) is 0 Å². The van der Waals surface area contributed by atoms with Gasteiger partial charge in [-0.1, -0.05) is 39.0 Å². The van der Waals surface area contributed by atoms with Crippen molar-refractivity contribution in [1.29, 1.82) is 0 Å². The number of carbonyl (C=O) groups excluding carboxylic acids is 1. The Bertz CT molecular complexity index is 189. The summed E-state index contributed by atoms with van der Waals surface area (Å²) in [4.78, 5) is 10.9. The zero-order valence-electron chi connectivity index (χ0n) is 10.1. The van der Waals surface area contributed by atoms with Crippen LogP contribution in [0.25, 0.3) is 0 Å². The number of unbranched alkanes of at least 4 members (excludes halogenated alkanes) is 1. The molecule has 1 aliphatic carbocycles. The van der Waals surface area contributed by atoms with Crippen LogP contribution in [0.1, 0.15) is 58.3 Å². The van der Waals surface area contributed by atoms with E-state index in [2.05, 4.69) is 11.7 Å². The highest BCUT2D eigenvalue weighted by Gasteiger charge is 2.22. The lowest BCUT2D eigenvalue weighted by Gasteiger charge is -2.09. The van der Waals surface area contributed by atoms with Gasteiger partial charge in [-0.15, -0.1) is 0 Å². The molecule has 1 aliphatic rings. The highest BCUT2D eigenvalue weighted by atomic mass is 16.5. The highest BCUT2D eigenvalue weighted by molar-refractivity contribution is 5.68. The first kappa shape index (κ1) is 12.5. The minimum Gasteiger partial charge on any atom is -0.469 e. The van der Waals surface area contributed by atoms with Gasteiger partial charge < -0.3 is 4.74 Å². The van der Waals surface area contributed by atoms with E-state index in [9.17, 15) is 4.79 Å². The minimum atomic E-state index is -0.0622. The summed E-state index contributed by atoms with van der Waals surface area (Å²) >= 11 is 0. The summed E-state index contributed by atoms with van der Waals surface area (Å²) in [5.74, 6) is 1.86. The molecular weight excluding hydrogens is 188 g/mol. The maximum Gasteiger partial charge on any atom is 0.305 e. The van der Waals surface area contributed by atoms with Crippen molar-refractivity contribution in [2.45, 2.75) is 58.3 Å². The summed E-state index contributed by atoms with van der Waals surface area (Å²) in [5, 5.41) is 0. The van der Waals surface area contributed by atoms with Crippen molar-refractivity contribution in [2.75, 3.05) is 7.11 Å². The van der Waals surface area contributed by atoms with Crippen LogP contribution in [-0.2, 0) is 9.53 Å². The Morgan fingerprint density at radius 2 is 2.00 bits per heavy atom. The molecule has 88 valence electrons. The average molecular weight is 212 g/mol. The first-order valence-corrected chi connectivity index (χ1v) is 6.33. The molecule has 0 heterocycles. The quantitative estimate of drug-likeness (QED) is 0.497. The molecule has 2 atom stereocenters. The fourth-order valence-corrected chi connectivity index (χ4v) is 2.62. The van der Waals surface area contributed by atoms with Crippen LogP contribution in [0.3, 0.4) is 0 Å². The Hall–Kier alpha value is -0.530. The van der Waals surface area contributed by atoms with Crippen LogP contribution in [0.5, 0.6) is 0 Å². The van der Waals surface area contributed by atoms with Gasteiger partial charge in [0.1, 0.15) is 0 Å². The van der Waals surface area contributed by atoms with Crippen LogP contribution >= 0.6 is 0 Å². The Morgan fingerprint density at radius 1 is 1.27 bits per heavy atom. The van der Waals surface area contributed by atoms with Crippen LogP contribution in [0.4, 0.5) is 0 Å². The second-order valence-corrected chi connectivity index (χ2v) is 4.78. The van der Waals surface area contributed by atoms with Gasteiger partial charge in [-0.2, -0.15) is 0 Å². The smallest absolute Gasteiger partial charge is 0.305 e. The van der Waals surface area contributed by atoms with Gasteiger partial charge in [0.25, 0.3) is 0 Å². The number of carbonyl (C=O) groups is 1. The van der Waals surface area contributed by atoms with Crippen LogP contribution in [0.2, 0.25) is 0 Å². The number of methoxy groups -OCH3 is 1. The second-order valence-electron chi connectivity index (χ2n) is 4.78. The molecule has 1 saturated carbocycles. The molecule has 1 rings (SSSR count). The molecule has 0 bridgehead atoms. The van der Waals surface area contributed by atoms with Gasteiger partial charge in [-0.05, 0) is 24.7 Å². The highest BCUT2D eigenvalue weighted by Crippen LogP contribution is 2.35. The predicted molar refractivity (Wildman–Crippen MR) is 61.6 cm³/mol. The third-order valence-corrected chi connectivity index (χ3v) is 3.70. The molecule has 0 radical (unpaired) electrons. The van der Waals surface area contributed by atoms with Crippen molar-refractivity contribution in [1.82, 2.24) is 0 Å². The minimum absolute atomic E-state index is 0.0622. The van der Waals surface area contributed by atoms with Crippen molar-refractivity contribution in [3.8, 4) is 0 Å². The van der Waals surface area contributed by atoms with Crippen molar-refractivity contribution in [3.05, 3.63) is 0 Å². The second kappa shape index (κ2) is 6.86. The number of hydrogen-bond acceptors (Lipinski definition) is 2. The molecule has 2 unspecified atom stereocenters. The fraction of sp³-hybridized carbons (Fsp3) is 0.923. The Kier molecular flexibility index (Phi) is 5.74. The van der Waals surface area contributed by atoms with E-state index in [0.29, 0.717) is 6.42 Å². The van der Waals surface area contributed by atoms with E-state index in [1.807, 2.05) is 0 Å². The molecule has 0 aliphatic heterocycles. The Balaban J connectivity index is 1.99. The van der Waals surface area contributed by atoms with Gasteiger partial charge in [0.15, 0.2) is 0 Å². The largest absolute Gasteiger partial charge is 0.469 e. The lowest BCUT2D eigenvalue weighted by molar-refractivity contribution is -0.140. The van der Waals surface area contributed by atoms with Gasteiger partial charge in [0.05, 0.1) is 7.11 Å². The van der Waals surface area contributed by atoms with Crippen LogP contribution in [-0.4, -0.2) is 13.1 Å². The van der Waals surface area contributed by atoms with Gasteiger partial charge in [-0.3, -0.25) is 4.79 Å². The lowest BCUT2D eigenvalue weighted by Crippen LogP contribution is -2.01. The summed E-state index contributed by atoms with van der Waals surface area (Å²) in [7, 11) is 1.46.